The third-order valence-electron chi connectivity index (χ3n) is 5.26. The van der Waals surface area contributed by atoms with Crippen LogP contribution in [-0.2, 0) is 9.53 Å². The summed E-state index contributed by atoms with van der Waals surface area (Å²) in [6.45, 7) is 6.27. The molecule has 2 heterocycles. The van der Waals surface area contributed by atoms with Crippen LogP contribution in [0.15, 0.2) is 47.5 Å². The Morgan fingerprint density at radius 3 is 3.00 bits per heavy atom. The van der Waals surface area contributed by atoms with Crippen molar-refractivity contribution >= 4 is 29.1 Å². The quantitative estimate of drug-likeness (QED) is 0.770. The number of halogens is 1. The molecule has 2 aliphatic rings. The number of nitrogens with zero attached hydrogens (tertiary/aromatic N) is 2. The molecule has 29 heavy (non-hydrogen) atoms. The molecule has 6 nitrogen and oxygen atoms in total. The molecular formula is C22H24ClN3O3. The average molecular weight is 414 g/mol. The van der Waals surface area contributed by atoms with Gasteiger partial charge in [-0.1, -0.05) is 30.7 Å². The van der Waals surface area contributed by atoms with Crippen LogP contribution in [0, 0.1) is 5.92 Å². The van der Waals surface area contributed by atoms with Crippen LogP contribution in [0.25, 0.3) is 0 Å². The van der Waals surface area contributed by atoms with Gasteiger partial charge in [0.1, 0.15) is 17.3 Å². The summed E-state index contributed by atoms with van der Waals surface area (Å²) in [5.74, 6) is 1.81. The molecule has 2 aromatic carbocycles. The SMILES string of the molecule is CCOC(=O)C(C)[C@H]1CN(C2=Nc3cc(Cl)ccc3Oc3ccccc32)CCN1. The van der Waals surface area contributed by atoms with Crippen LogP contribution >= 0.6 is 11.6 Å². The van der Waals surface area contributed by atoms with Gasteiger partial charge >= 0.3 is 5.97 Å². The second kappa shape index (κ2) is 8.43. The van der Waals surface area contributed by atoms with Crippen molar-refractivity contribution in [1.29, 1.82) is 0 Å². The zero-order valence-electron chi connectivity index (χ0n) is 16.5. The zero-order valence-corrected chi connectivity index (χ0v) is 17.3. The fourth-order valence-corrected chi connectivity index (χ4v) is 3.85. The summed E-state index contributed by atoms with van der Waals surface area (Å²) in [6, 6.07) is 13.3. The van der Waals surface area contributed by atoms with Crippen molar-refractivity contribution in [1.82, 2.24) is 10.2 Å². The maximum atomic E-state index is 12.2. The van der Waals surface area contributed by atoms with Gasteiger partial charge in [0.05, 0.1) is 18.1 Å². The highest BCUT2D eigenvalue weighted by molar-refractivity contribution is 6.31. The normalized spacial score (nSPS) is 19.2. The van der Waals surface area contributed by atoms with E-state index in [0.717, 1.165) is 30.2 Å². The van der Waals surface area contributed by atoms with Gasteiger partial charge in [0, 0.05) is 30.7 Å². The van der Waals surface area contributed by atoms with E-state index in [1.807, 2.05) is 50.2 Å². The number of aliphatic imine (C=N–C) groups is 1. The predicted molar refractivity (Wildman–Crippen MR) is 113 cm³/mol. The number of nitrogens with one attached hydrogen (secondary N) is 1. The number of esters is 1. The van der Waals surface area contributed by atoms with E-state index in [0.29, 0.717) is 29.6 Å². The van der Waals surface area contributed by atoms with Gasteiger partial charge in [-0.15, -0.1) is 0 Å². The lowest BCUT2D eigenvalue weighted by Gasteiger charge is -2.37. The maximum absolute atomic E-state index is 12.2. The van der Waals surface area contributed by atoms with Crippen LogP contribution in [0.2, 0.25) is 5.02 Å². The fourth-order valence-electron chi connectivity index (χ4n) is 3.68. The van der Waals surface area contributed by atoms with E-state index in [4.69, 9.17) is 26.1 Å². The van der Waals surface area contributed by atoms with Gasteiger partial charge < -0.3 is 19.7 Å². The predicted octanol–water partition coefficient (Wildman–Crippen LogP) is 4.00. The highest BCUT2D eigenvalue weighted by atomic mass is 35.5. The summed E-state index contributed by atoms with van der Waals surface area (Å²) in [7, 11) is 0. The Balaban J connectivity index is 1.69. The van der Waals surface area contributed by atoms with Gasteiger partial charge in [-0.3, -0.25) is 4.79 Å². The third-order valence-corrected chi connectivity index (χ3v) is 5.50. The van der Waals surface area contributed by atoms with Crippen LogP contribution in [0.1, 0.15) is 19.4 Å². The number of piperazine rings is 1. The highest BCUT2D eigenvalue weighted by Gasteiger charge is 2.32. The molecule has 0 aromatic heterocycles. The topological polar surface area (TPSA) is 63.2 Å². The van der Waals surface area contributed by atoms with Gasteiger partial charge in [0.15, 0.2) is 5.75 Å². The number of carbonyl (C=O) groups excluding carboxylic acids is 1. The lowest BCUT2D eigenvalue weighted by Crippen LogP contribution is -2.56. The van der Waals surface area contributed by atoms with E-state index in [1.165, 1.54) is 0 Å². The number of hydrogen-bond donors (Lipinski definition) is 1. The first-order valence-corrected chi connectivity index (χ1v) is 10.2. The number of carbonyl (C=O) groups is 1. The van der Waals surface area contributed by atoms with Crippen LogP contribution in [0.5, 0.6) is 11.5 Å². The van der Waals surface area contributed by atoms with Crippen molar-refractivity contribution in [3.8, 4) is 11.5 Å². The molecule has 0 spiro atoms. The second-order valence-electron chi connectivity index (χ2n) is 7.19. The molecule has 0 saturated carbocycles. The van der Waals surface area contributed by atoms with Gasteiger partial charge in [-0.2, -0.15) is 0 Å². The number of ether oxygens (including phenoxy) is 2. The van der Waals surface area contributed by atoms with Crippen LogP contribution in [0.3, 0.4) is 0 Å². The molecule has 152 valence electrons. The number of amidine groups is 1. The van der Waals surface area contributed by atoms with E-state index >= 15 is 0 Å². The van der Waals surface area contributed by atoms with Crippen molar-refractivity contribution in [3.63, 3.8) is 0 Å². The first-order valence-electron chi connectivity index (χ1n) is 9.87. The molecule has 0 aliphatic carbocycles. The van der Waals surface area contributed by atoms with E-state index in [2.05, 4.69) is 10.2 Å². The number of fused-ring (bicyclic) bond motifs is 2. The Labute approximate surface area is 175 Å². The van der Waals surface area contributed by atoms with Crippen LogP contribution in [0.4, 0.5) is 5.69 Å². The second-order valence-corrected chi connectivity index (χ2v) is 7.63. The van der Waals surface area contributed by atoms with Crippen LogP contribution < -0.4 is 10.1 Å². The molecule has 1 saturated heterocycles. The Hall–Kier alpha value is -2.57. The summed E-state index contributed by atoms with van der Waals surface area (Å²) in [4.78, 5) is 19.4. The number of hydrogen-bond acceptors (Lipinski definition) is 6. The summed E-state index contributed by atoms with van der Waals surface area (Å²) in [6.07, 6.45) is 0. The smallest absolute Gasteiger partial charge is 0.310 e. The standard InChI is InChI=1S/C22H24ClN3O3/c1-3-28-22(27)14(2)18-13-26(11-10-24-18)21-16-6-4-5-7-19(16)29-20-9-8-15(23)12-17(20)25-21/h4-9,12,14,18,24H,3,10-11,13H2,1-2H3/t14?,18-/m1/s1. The van der Waals surface area contributed by atoms with E-state index < -0.39 is 0 Å². The van der Waals surface area contributed by atoms with Crippen molar-refractivity contribution < 1.29 is 14.3 Å². The molecule has 0 bridgehead atoms. The maximum Gasteiger partial charge on any atom is 0.310 e. The van der Waals surface area contributed by atoms with Crippen molar-refractivity contribution in [2.24, 2.45) is 10.9 Å². The molecular weight excluding hydrogens is 390 g/mol. The first kappa shape index (κ1) is 19.7. The van der Waals surface area contributed by atoms with Gasteiger partial charge in [0.2, 0.25) is 0 Å². The van der Waals surface area contributed by atoms with Crippen LogP contribution in [-0.4, -0.2) is 49.0 Å². The zero-order chi connectivity index (χ0) is 20.4. The molecule has 2 aliphatic heterocycles. The Bertz CT molecular complexity index is 947. The third kappa shape index (κ3) is 4.09. The lowest BCUT2D eigenvalue weighted by atomic mass is 9.99. The minimum atomic E-state index is -0.252. The van der Waals surface area contributed by atoms with E-state index in [-0.39, 0.29) is 17.9 Å². The summed E-state index contributed by atoms with van der Waals surface area (Å²) in [5, 5.41) is 4.05. The average Bonchev–Trinajstić information content (AvgIpc) is 2.90. The molecule has 1 N–H and O–H groups in total. The summed E-state index contributed by atoms with van der Waals surface area (Å²) >= 11 is 6.20. The highest BCUT2D eigenvalue weighted by Crippen LogP contribution is 2.39. The lowest BCUT2D eigenvalue weighted by molar-refractivity contribution is -0.148. The number of benzene rings is 2. The molecule has 4 rings (SSSR count). The Morgan fingerprint density at radius 1 is 1.34 bits per heavy atom. The monoisotopic (exact) mass is 413 g/mol. The minimum Gasteiger partial charge on any atom is -0.466 e. The molecule has 2 aromatic rings. The number of rotatable bonds is 3. The minimum absolute atomic E-state index is 0.0272. The van der Waals surface area contributed by atoms with Gasteiger partial charge in [0.25, 0.3) is 0 Å². The molecule has 2 atom stereocenters. The summed E-state index contributed by atoms with van der Waals surface area (Å²) in [5.41, 5.74) is 1.61. The van der Waals surface area contributed by atoms with Crippen molar-refractivity contribution in [2.45, 2.75) is 19.9 Å². The molecule has 1 unspecified atom stereocenters. The molecule has 0 amide bonds. The summed E-state index contributed by atoms with van der Waals surface area (Å²) < 4.78 is 11.3. The van der Waals surface area contributed by atoms with Gasteiger partial charge in [-0.25, -0.2) is 4.99 Å². The largest absolute Gasteiger partial charge is 0.466 e. The van der Waals surface area contributed by atoms with Crippen molar-refractivity contribution in [2.75, 3.05) is 26.2 Å². The van der Waals surface area contributed by atoms with Crippen molar-refractivity contribution in [3.05, 3.63) is 53.1 Å². The van der Waals surface area contributed by atoms with E-state index in [9.17, 15) is 4.79 Å². The first-order chi connectivity index (χ1) is 14.1. The fraction of sp³-hybridized carbons (Fsp3) is 0.364. The molecule has 0 radical (unpaired) electrons. The Kier molecular flexibility index (Phi) is 5.74. The van der Waals surface area contributed by atoms with Gasteiger partial charge in [-0.05, 0) is 37.3 Å². The number of para-hydroxylation sites is 1. The van der Waals surface area contributed by atoms with E-state index in [1.54, 1.807) is 6.07 Å². The molecule has 7 heteroatoms. The molecule has 1 fully saturated rings. The Morgan fingerprint density at radius 2 is 2.17 bits per heavy atom.